The van der Waals surface area contributed by atoms with E-state index in [4.69, 9.17) is 9.97 Å². The molecule has 2 aliphatic heterocycles. The van der Waals surface area contributed by atoms with Gasteiger partial charge in [0.25, 0.3) is 0 Å². The van der Waals surface area contributed by atoms with Gasteiger partial charge in [-0.3, -0.25) is 0 Å². The molecule has 82 heavy (non-hydrogen) atoms. The number of fused-ring (bicyclic) bond motifs is 18. The zero-order valence-corrected chi connectivity index (χ0v) is 48.8. The molecule has 0 saturated carbocycles. The third-order valence-electron chi connectivity index (χ3n) is 17.1. The summed E-state index contributed by atoms with van der Waals surface area (Å²) in [5.41, 5.74) is 40.5. The van der Waals surface area contributed by atoms with Gasteiger partial charge in [0, 0.05) is 77.5 Å². The minimum Gasteiger partial charge on any atom is -0.354 e. The lowest BCUT2D eigenvalue weighted by atomic mass is 9.92. The molecule has 12 aromatic rings. The number of nitrogens with zero attached hydrogens (tertiary/aromatic N) is 2. The van der Waals surface area contributed by atoms with Crippen molar-refractivity contribution < 1.29 is 0 Å². The Morgan fingerprint density at radius 2 is 0.354 bits per heavy atom. The second-order valence-electron chi connectivity index (χ2n) is 23.5. The van der Waals surface area contributed by atoms with E-state index in [-0.39, 0.29) is 0 Å². The van der Waals surface area contributed by atoms with Crippen LogP contribution < -0.4 is 0 Å². The first-order valence-electron chi connectivity index (χ1n) is 28.5. The van der Waals surface area contributed by atoms with Gasteiger partial charge in [-0.25, -0.2) is 9.97 Å². The van der Waals surface area contributed by atoms with E-state index in [1.807, 2.05) is 0 Å². The van der Waals surface area contributed by atoms with Gasteiger partial charge in [-0.2, -0.15) is 0 Å². The number of benzene rings is 4. The van der Waals surface area contributed by atoms with E-state index >= 15 is 0 Å². The number of aromatic amines is 6. The highest BCUT2D eigenvalue weighted by Gasteiger charge is 2.25. The fraction of sp³-hybridized carbons (Fsp3) is 0.162. The largest absolute Gasteiger partial charge is 0.354 e. The van der Waals surface area contributed by atoms with Crippen LogP contribution >= 0.6 is 0 Å². The lowest BCUT2D eigenvalue weighted by molar-refractivity contribution is 1.27. The molecule has 16 bridgehead atoms. The average Bonchev–Trinajstić information content (AvgIpc) is 4.13. The summed E-state index contributed by atoms with van der Waals surface area (Å²) in [5, 5.41) is 0. The fourth-order valence-electron chi connectivity index (χ4n) is 14.2. The van der Waals surface area contributed by atoms with Crippen LogP contribution in [0, 0.1) is 83.1 Å². The first-order valence-corrected chi connectivity index (χ1v) is 28.5. The molecule has 0 radical (unpaired) electrons. The minimum atomic E-state index is 0.816. The highest BCUT2D eigenvalue weighted by Crippen LogP contribution is 2.44. The average molecular weight is 1070 g/mol. The third kappa shape index (κ3) is 8.26. The SMILES string of the molecule is Cc1cc(C)c(-c2c3nc(c(-c4c5nc(c(-c6c(C)cc(C)cc6C)c6ccc([nH]6)c6ccc([nH]6)c(-c6c(C)cc(C)cc6C)c6ccc4[nH]6)C=C5)c4ccc([nH]4)c(-c4c(C)cc(C)cc4C)c4ccc([nH]4)c4ccc2[nH]4)C=C3)c(C)c1. The number of hydrogen-bond donors (Lipinski definition) is 6. The first kappa shape index (κ1) is 50.6. The van der Waals surface area contributed by atoms with Crippen LogP contribution in [0.5, 0.6) is 0 Å². The van der Waals surface area contributed by atoms with Crippen LogP contribution in [0.3, 0.4) is 0 Å². The van der Waals surface area contributed by atoms with Crippen LogP contribution in [-0.2, 0) is 0 Å². The van der Waals surface area contributed by atoms with E-state index in [0.29, 0.717) is 0 Å². The summed E-state index contributed by atoms with van der Waals surface area (Å²) in [6, 6.07) is 45.0. The highest BCUT2D eigenvalue weighted by molar-refractivity contribution is 6.07. The molecule has 2 aliphatic rings. The van der Waals surface area contributed by atoms with Crippen LogP contribution in [0.4, 0.5) is 0 Å². The summed E-state index contributed by atoms with van der Waals surface area (Å²) >= 11 is 0. The lowest BCUT2D eigenvalue weighted by Gasteiger charge is -2.13. The Morgan fingerprint density at radius 3 is 0.573 bits per heavy atom. The molecule has 14 rings (SSSR count). The zero-order valence-electron chi connectivity index (χ0n) is 48.8. The fourth-order valence-corrected chi connectivity index (χ4v) is 14.2. The van der Waals surface area contributed by atoms with E-state index in [1.54, 1.807) is 0 Å². The van der Waals surface area contributed by atoms with Gasteiger partial charge in [0.2, 0.25) is 0 Å². The molecule has 0 spiro atoms. The van der Waals surface area contributed by atoms with Crippen LogP contribution in [0.15, 0.2) is 121 Å². The molecule has 0 unspecified atom stereocenters. The van der Waals surface area contributed by atoms with Crippen molar-refractivity contribution in [1.29, 1.82) is 0 Å². The van der Waals surface area contributed by atoms with Crippen LogP contribution in [0.25, 0.3) is 146 Å². The van der Waals surface area contributed by atoms with Gasteiger partial charge in [-0.15, -0.1) is 0 Å². The summed E-state index contributed by atoms with van der Waals surface area (Å²) in [6.07, 6.45) is 8.82. The Morgan fingerprint density at radius 1 is 0.195 bits per heavy atom. The van der Waals surface area contributed by atoms with Crippen molar-refractivity contribution in [2.45, 2.75) is 83.1 Å². The van der Waals surface area contributed by atoms with Crippen molar-refractivity contribution in [1.82, 2.24) is 39.9 Å². The number of aryl methyl sites for hydroxylation is 12. The van der Waals surface area contributed by atoms with Gasteiger partial charge in [-0.05, 0) is 247 Å². The summed E-state index contributed by atoms with van der Waals surface area (Å²) in [7, 11) is 0. The molecular formula is C74H66N8. The number of rotatable bonds is 5. The maximum atomic E-state index is 5.85. The van der Waals surface area contributed by atoms with Crippen molar-refractivity contribution >= 4 is 90.5 Å². The second-order valence-corrected chi connectivity index (χ2v) is 23.5. The standard InChI is InChI=1S/C74H66N8/c1-37-29-41(5)65(42(6)30-37)69-53-17-13-49(75-53)50-14-18-54(76-50)70(66-43(7)31-38(2)32-44(66)8)58-22-26-62(80-58)73(61-25-21-57(69)79-61)74-63-27-23-59(81-63)71(67-45(9)33-39(3)34-46(67)10)55-19-15-51(77-55)52-16-20-56(78-52)72(60-24-28-64(74)82-60)68-47(11)35-40(4)36-48(68)12/h13-36,75-79,81H,1-12H3. The summed E-state index contributed by atoms with van der Waals surface area (Å²) in [5.74, 6) is 0. The predicted molar refractivity (Wildman–Crippen MR) is 348 cm³/mol. The Hall–Kier alpha value is -9.66. The van der Waals surface area contributed by atoms with E-state index in [2.05, 4.69) is 259 Å². The van der Waals surface area contributed by atoms with Crippen molar-refractivity contribution in [3.63, 3.8) is 0 Å². The number of H-pyrrole nitrogens is 6. The zero-order chi connectivity index (χ0) is 56.6. The van der Waals surface area contributed by atoms with Crippen LogP contribution in [0.2, 0.25) is 0 Å². The Bertz CT molecular complexity index is 4650. The van der Waals surface area contributed by atoms with E-state index in [1.165, 1.54) is 77.9 Å². The Balaban J connectivity index is 1.21. The molecule has 10 heterocycles. The maximum absolute atomic E-state index is 5.85. The smallest absolute Gasteiger partial charge is 0.0738 e. The molecule has 0 atom stereocenters. The molecule has 4 aromatic carbocycles. The summed E-state index contributed by atoms with van der Waals surface area (Å²) < 4.78 is 0. The van der Waals surface area contributed by atoms with Crippen molar-refractivity contribution in [3.8, 4) is 55.6 Å². The number of hydrogen-bond acceptors (Lipinski definition) is 2. The molecule has 6 N–H and O–H groups in total. The highest BCUT2D eigenvalue weighted by atomic mass is 14.8. The molecular weight excluding hydrogens is 1000 g/mol. The van der Waals surface area contributed by atoms with Gasteiger partial charge < -0.3 is 29.9 Å². The number of nitrogens with one attached hydrogen (secondary N) is 6. The van der Waals surface area contributed by atoms with Crippen LogP contribution in [-0.4, -0.2) is 39.9 Å². The van der Waals surface area contributed by atoms with Gasteiger partial charge in [0.1, 0.15) is 0 Å². The van der Waals surface area contributed by atoms with Crippen molar-refractivity contribution in [2.75, 3.05) is 0 Å². The normalized spacial score (nSPS) is 12.3. The molecule has 0 amide bonds. The van der Waals surface area contributed by atoms with Crippen molar-refractivity contribution in [2.24, 2.45) is 0 Å². The van der Waals surface area contributed by atoms with E-state index < -0.39 is 0 Å². The quantitative estimate of drug-likeness (QED) is 0.103. The molecule has 8 aromatic heterocycles. The topological polar surface area (TPSA) is 121 Å². The van der Waals surface area contributed by atoms with Crippen LogP contribution in [0.1, 0.15) is 89.5 Å². The summed E-state index contributed by atoms with van der Waals surface area (Å²) in [4.78, 5) is 35.5. The summed E-state index contributed by atoms with van der Waals surface area (Å²) in [6.45, 7) is 26.5. The van der Waals surface area contributed by atoms with Crippen molar-refractivity contribution in [3.05, 3.63) is 211 Å². The molecule has 8 nitrogen and oxygen atoms in total. The third-order valence-corrected chi connectivity index (χ3v) is 17.1. The Labute approximate surface area is 477 Å². The number of aromatic nitrogens is 8. The molecule has 0 saturated heterocycles. The van der Waals surface area contributed by atoms with Gasteiger partial charge in [0.15, 0.2) is 0 Å². The van der Waals surface area contributed by atoms with Gasteiger partial charge >= 0.3 is 0 Å². The lowest BCUT2D eigenvalue weighted by Crippen LogP contribution is -1.95. The van der Waals surface area contributed by atoms with Gasteiger partial charge in [0.05, 0.1) is 44.8 Å². The van der Waals surface area contributed by atoms with E-state index in [9.17, 15) is 0 Å². The molecule has 8 heteroatoms. The van der Waals surface area contributed by atoms with Gasteiger partial charge in [-0.1, -0.05) is 70.8 Å². The maximum Gasteiger partial charge on any atom is 0.0738 e. The second kappa shape index (κ2) is 19.0. The molecule has 402 valence electrons. The first-order chi connectivity index (χ1) is 39.5. The molecule has 0 aliphatic carbocycles. The minimum absolute atomic E-state index is 0.816. The molecule has 0 fully saturated rings. The predicted octanol–water partition coefficient (Wildman–Crippen LogP) is 19.7. The van der Waals surface area contributed by atoms with E-state index in [0.717, 1.165) is 133 Å². The monoisotopic (exact) mass is 1070 g/mol. The Kier molecular flexibility index (Phi) is 11.7.